The maximum atomic E-state index is 12.1. The summed E-state index contributed by atoms with van der Waals surface area (Å²) < 4.78 is 0. The zero-order chi connectivity index (χ0) is 14.0. The van der Waals surface area contributed by atoms with E-state index in [1.54, 1.807) is 0 Å². The second-order valence-corrected chi connectivity index (χ2v) is 5.68. The minimum atomic E-state index is -0.312. The van der Waals surface area contributed by atoms with Crippen molar-refractivity contribution < 1.29 is 9.90 Å². The highest BCUT2D eigenvalue weighted by Gasteiger charge is 2.26. The number of aromatic nitrogens is 2. The highest BCUT2D eigenvalue weighted by atomic mass is 16.3. The molecular weight excluding hydrogens is 242 g/mol. The number of fused-ring (bicyclic) bond motifs is 1. The molecule has 1 heterocycles. The Morgan fingerprint density at radius 3 is 2.68 bits per heavy atom. The van der Waals surface area contributed by atoms with Gasteiger partial charge in [-0.25, -0.2) is 4.98 Å². The molecule has 5 heteroatoms. The van der Waals surface area contributed by atoms with Gasteiger partial charge >= 0.3 is 0 Å². The number of carbonyl (C=O) groups excluding carboxylic acids is 1. The van der Waals surface area contributed by atoms with Crippen molar-refractivity contribution in [1.29, 1.82) is 0 Å². The number of aliphatic hydroxyl groups excluding tert-OH is 1. The molecule has 19 heavy (non-hydrogen) atoms. The van der Waals surface area contributed by atoms with E-state index < -0.39 is 0 Å². The number of nitrogens with one attached hydrogen (secondary N) is 2. The zero-order valence-electron chi connectivity index (χ0n) is 11.4. The standard InChI is InChI=1S/C14H19N3O2/c1-14(2,3)11(8-18)17-13(19)12-15-9-6-4-5-7-10(9)16-12/h4-7,11,18H,8H2,1-3H3,(H,15,16)(H,17,19)/t11-/m1/s1. The molecule has 1 amide bonds. The van der Waals surface area contributed by atoms with E-state index in [0.717, 1.165) is 11.0 Å². The van der Waals surface area contributed by atoms with Crippen LogP contribution >= 0.6 is 0 Å². The van der Waals surface area contributed by atoms with Crippen LogP contribution in [0.4, 0.5) is 0 Å². The van der Waals surface area contributed by atoms with Gasteiger partial charge in [0.1, 0.15) is 0 Å². The summed E-state index contributed by atoms with van der Waals surface area (Å²) in [5.41, 5.74) is 1.36. The fraction of sp³-hybridized carbons (Fsp3) is 0.429. The van der Waals surface area contributed by atoms with Gasteiger partial charge in [-0.05, 0) is 17.5 Å². The van der Waals surface area contributed by atoms with E-state index in [0.29, 0.717) is 0 Å². The molecule has 0 spiro atoms. The highest BCUT2D eigenvalue weighted by molar-refractivity contribution is 5.94. The monoisotopic (exact) mass is 261 g/mol. The first kappa shape index (κ1) is 13.5. The van der Waals surface area contributed by atoms with Gasteiger partial charge in [-0.15, -0.1) is 0 Å². The van der Waals surface area contributed by atoms with Crippen molar-refractivity contribution >= 4 is 16.9 Å². The normalized spacial score (nSPS) is 13.5. The molecule has 102 valence electrons. The van der Waals surface area contributed by atoms with Crippen LogP contribution in [0, 0.1) is 5.41 Å². The smallest absolute Gasteiger partial charge is 0.287 e. The van der Waals surface area contributed by atoms with Crippen molar-refractivity contribution in [1.82, 2.24) is 15.3 Å². The Hall–Kier alpha value is -1.88. The minimum Gasteiger partial charge on any atom is -0.394 e. The summed E-state index contributed by atoms with van der Waals surface area (Å²) in [7, 11) is 0. The summed E-state index contributed by atoms with van der Waals surface area (Å²) in [6, 6.07) is 7.15. The van der Waals surface area contributed by atoms with Crippen LogP contribution in [0.25, 0.3) is 11.0 Å². The van der Waals surface area contributed by atoms with E-state index in [1.807, 2.05) is 45.0 Å². The molecule has 3 N–H and O–H groups in total. The van der Waals surface area contributed by atoms with Crippen LogP contribution in [-0.4, -0.2) is 33.6 Å². The van der Waals surface area contributed by atoms with Crippen LogP contribution < -0.4 is 5.32 Å². The summed E-state index contributed by atoms with van der Waals surface area (Å²) >= 11 is 0. The Morgan fingerprint density at radius 1 is 1.42 bits per heavy atom. The average molecular weight is 261 g/mol. The fourth-order valence-electron chi connectivity index (χ4n) is 1.82. The summed E-state index contributed by atoms with van der Waals surface area (Å²) in [4.78, 5) is 19.3. The molecule has 0 radical (unpaired) electrons. The Labute approximate surface area is 112 Å². The number of hydrogen-bond donors (Lipinski definition) is 3. The molecule has 0 aliphatic carbocycles. The van der Waals surface area contributed by atoms with Gasteiger partial charge < -0.3 is 15.4 Å². The van der Waals surface area contributed by atoms with Crippen molar-refractivity contribution in [3.63, 3.8) is 0 Å². The van der Waals surface area contributed by atoms with E-state index in [9.17, 15) is 9.90 Å². The Bertz CT molecular complexity index is 551. The van der Waals surface area contributed by atoms with Crippen molar-refractivity contribution in [3.05, 3.63) is 30.1 Å². The average Bonchev–Trinajstić information content (AvgIpc) is 2.77. The number of rotatable bonds is 3. The number of aromatic amines is 1. The number of amides is 1. The fourth-order valence-corrected chi connectivity index (χ4v) is 1.82. The van der Waals surface area contributed by atoms with Gasteiger partial charge in [0.05, 0.1) is 23.7 Å². The van der Waals surface area contributed by atoms with E-state index in [2.05, 4.69) is 15.3 Å². The summed E-state index contributed by atoms with van der Waals surface area (Å²) in [6.45, 7) is 5.79. The number of carbonyl (C=O) groups is 1. The first-order chi connectivity index (χ1) is 8.91. The summed E-state index contributed by atoms with van der Waals surface area (Å²) in [6.07, 6.45) is 0. The van der Waals surface area contributed by atoms with Gasteiger partial charge in [-0.3, -0.25) is 4.79 Å². The third-order valence-electron chi connectivity index (χ3n) is 3.14. The third kappa shape index (κ3) is 2.93. The predicted octanol–water partition coefficient (Wildman–Crippen LogP) is 1.70. The third-order valence-corrected chi connectivity index (χ3v) is 3.14. The molecule has 0 unspecified atom stereocenters. The molecule has 2 rings (SSSR count). The molecule has 0 fully saturated rings. The van der Waals surface area contributed by atoms with Crippen LogP contribution in [-0.2, 0) is 0 Å². The van der Waals surface area contributed by atoms with Crippen molar-refractivity contribution in [2.45, 2.75) is 26.8 Å². The summed E-state index contributed by atoms with van der Waals surface area (Å²) in [5.74, 6) is -0.0333. The molecule has 2 aromatic rings. The lowest BCUT2D eigenvalue weighted by Gasteiger charge is -2.29. The molecule has 0 aliphatic rings. The SMILES string of the molecule is CC(C)(C)[C@@H](CO)NC(=O)c1nc2ccccc2[nH]1. The summed E-state index contributed by atoms with van der Waals surface area (Å²) in [5, 5.41) is 12.2. The Balaban J connectivity index is 2.19. The number of nitrogens with zero attached hydrogens (tertiary/aromatic N) is 1. The van der Waals surface area contributed by atoms with E-state index >= 15 is 0 Å². The highest BCUT2D eigenvalue weighted by Crippen LogP contribution is 2.19. The molecule has 1 aromatic carbocycles. The Morgan fingerprint density at radius 2 is 2.11 bits per heavy atom. The molecule has 0 saturated heterocycles. The molecule has 1 atom stereocenters. The van der Waals surface area contributed by atoms with Crippen LogP contribution in [0.15, 0.2) is 24.3 Å². The maximum absolute atomic E-state index is 12.1. The van der Waals surface area contributed by atoms with Crippen LogP contribution in [0.1, 0.15) is 31.4 Å². The van der Waals surface area contributed by atoms with Gasteiger partial charge in [0.2, 0.25) is 0 Å². The van der Waals surface area contributed by atoms with Crippen molar-refractivity contribution in [3.8, 4) is 0 Å². The zero-order valence-corrected chi connectivity index (χ0v) is 11.4. The second kappa shape index (κ2) is 5.01. The lowest BCUT2D eigenvalue weighted by molar-refractivity contribution is 0.0839. The number of benzene rings is 1. The van der Waals surface area contributed by atoms with Gasteiger partial charge in [0.15, 0.2) is 5.82 Å². The maximum Gasteiger partial charge on any atom is 0.287 e. The molecule has 0 aliphatic heterocycles. The van der Waals surface area contributed by atoms with E-state index in [-0.39, 0.29) is 29.8 Å². The first-order valence-electron chi connectivity index (χ1n) is 6.28. The van der Waals surface area contributed by atoms with Crippen molar-refractivity contribution in [2.24, 2.45) is 5.41 Å². The van der Waals surface area contributed by atoms with E-state index in [4.69, 9.17) is 0 Å². The van der Waals surface area contributed by atoms with Gasteiger partial charge in [-0.1, -0.05) is 32.9 Å². The first-order valence-corrected chi connectivity index (χ1v) is 6.28. The molecule has 1 aromatic heterocycles. The molecule has 5 nitrogen and oxygen atoms in total. The number of H-pyrrole nitrogens is 1. The predicted molar refractivity (Wildman–Crippen MR) is 73.9 cm³/mol. The number of aliphatic hydroxyl groups is 1. The van der Waals surface area contributed by atoms with Gasteiger partial charge in [0, 0.05) is 0 Å². The topological polar surface area (TPSA) is 78.0 Å². The van der Waals surface area contributed by atoms with Crippen molar-refractivity contribution in [2.75, 3.05) is 6.61 Å². The molecule has 0 saturated carbocycles. The number of hydrogen-bond acceptors (Lipinski definition) is 3. The van der Waals surface area contributed by atoms with Crippen LogP contribution in [0.3, 0.4) is 0 Å². The van der Waals surface area contributed by atoms with Gasteiger partial charge in [-0.2, -0.15) is 0 Å². The molecular formula is C14H19N3O2. The largest absolute Gasteiger partial charge is 0.394 e. The Kier molecular flexibility index (Phi) is 3.57. The van der Waals surface area contributed by atoms with E-state index in [1.165, 1.54) is 0 Å². The lowest BCUT2D eigenvalue weighted by Crippen LogP contribution is -2.46. The quantitative estimate of drug-likeness (QED) is 0.787. The molecule has 0 bridgehead atoms. The lowest BCUT2D eigenvalue weighted by atomic mass is 9.87. The number of para-hydroxylation sites is 2. The minimum absolute atomic E-state index is 0.102. The number of imidazole rings is 1. The van der Waals surface area contributed by atoms with Crippen LogP contribution in [0.2, 0.25) is 0 Å². The van der Waals surface area contributed by atoms with Crippen LogP contribution in [0.5, 0.6) is 0 Å². The second-order valence-electron chi connectivity index (χ2n) is 5.68. The van der Waals surface area contributed by atoms with Gasteiger partial charge in [0.25, 0.3) is 5.91 Å².